The molecule has 0 aliphatic carbocycles. The van der Waals surface area contributed by atoms with Crippen molar-refractivity contribution >= 4 is 89.2 Å². The van der Waals surface area contributed by atoms with E-state index in [1.165, 1.54) is 36.8 Å². The molecule has 0 spiro atoms. The number of rotatable bonds is 14. The zero-order valence-corrected chi connectivity index (χ0v) is 32.0. The van der Waals surface area contributed by atoms with Gasteiger partial charge >= 0.3 is 69.5 Å². The van der Waals surface area contributed by atoms with Crippen molar-refractivity contribution in [2.24, 2.45) is 10.2 Å². The van der Waals surface area contributed by atoms with Crippen LogP contribution in [0.15, 0.2) is 70.9 Å². The molecule has 2 rings (SSSR count). The number of hydrazone groups is 2. The molecule has 0 heterocycles. The fraction of sp³-hybridized carbons (Fsp3) is 0.500. The van der Waals surface area contributed by atoms with Gasteiger partial charge in [0.05, 0.1) is 0 Å². The fourth-order valence-electron chi connectivity index (χ4n) is 2.68. The van der Waals surface area contributed by atoms with Crippen LogP contribution in [-0.2, 0) is 11.5 Å². The normalized spacial score (nSPS) is 11.0. The van der Waals surface area contributed by atoms with Gasteiger partial charge in [-0.05, 0) is 37.8 Å². The molecule has 4 nitrogen and oxygen atoms in total. The van der Waals surface area contributed by atoms with Crippen molar-refractivity contribution in [3.63, 3.8) is 0 Å². The minimum atomic E-state index is 0.149. The molecule has 9 heteroatoms. The number of nitrogens with zero attached hydrogens (tertiary/aromatic N) is 2. The Morgan fingerprint density at radius 2 is 1.02 bits per heavy atom. The van der Waals surface area contributed by atoms with E-state index in [1.54, 1.807) is 32.4 Å². The number of hydrogen-bond acceptors (Lipinski definition) is 6. The van der Waals surface area contributed by atoms with E-state index in [4.69, 9.17) is 24.4 Å². The Hall–Kier alpha value is -0.941. The topological polar surface area (TPSA) is 48.8 Å². The molecule has 2 aromatic rings. The van der Waals surface area contributed by atoms with Crippen LogP contribution in [0, 0.1) is 0 Å². The molecule has 0 aliphatic heterocycles. The third-order valence-electron chi connectivity index (χ3n) is 5.54. The summed E-state index contributed by atoms with van der Waals surface area (Å²) in [5, 5.41) is 8.32. The Bertz CT molecular complexity index is 906. The summed E-state index contributed by atoms with van der Waals surface area (Å²) < 4.78 is 4.69. The van der Waals surface area contributed by atoms with Gasteiger partial charge in [-0.2, -0.15) is 10.2 Å². The summed E-state index contributed by atoms with van der Waals surface area (Å²) in [5.41, 5.74) is 10.4. The van der Waals surface area contributed by atoms with Crippen molar-refractivity contribution in [2.45, 2.75) is 100 Å². The van der Waals surface area contributed by atoms with Gasteiger partial charge in [0.1, 0.15) is 0 Å². The molecule has 0 atom stereocenters. The Labute approximate surface area is 280 Å². The van der Waals surface area contributed by atoms with Crippen molar-refractivity contribution in [1.29, 1.82) is 0 Å². The van der Waals surface area contributed by atoms with Crippen LogP contribution < -0.4 is 10.9 Å². The Balaban J connectivity index is 0.000000612. The van der Waals surface area contributed by atoms with E-state index in [9.17, 15) is 0 Å². The average molecular weight is 738 g/mol. The van der Waals surface area contributed by atoms with Crippen molar-refractivity contribution < 1.29 is 0 Å². The first kappa shape index (κ1) is 40.1. The maximum absolute atomic E-state index is 5.16. The van der Waals surface area contributed by atoms with Crippen LogP contribution in [0.1, 0.15) is 91.2 Å². The summed E-state index contributed by atoms with van der Waals surface area (Å²) in [6.45, 7) is 12.7. The molecule has 0 aliphatic rings. The second-order valence-corrected chi connectivity index (χ2v) is 16.8. The monoisotopic (exact) mass is 738 g/mol. The van der Waals surface area contributed by atoms with Crippen LogP contribution >= 0.6 is 48.0 Å². The summed E-state index contributed by atoms with van der Waals surface area (Å²) in [5.74, 6) is 1.76. The summed E-state index contributed by atoms with van der Waals surface area (Å²) in [6.07, 6.45) is 7.73. The first-order valence-electron chi connectivity index (χ1n) is 14.6. The molecular formula is C32H50N4S4Sn. The van der Waals surface area contributed by atoms with Crippen LogP contribution in [0.2, 0.25) is 8.87 Å². The van der Waals surface area contributed by atoms with Gasteiger partial charge in [-0.25, -0.2) is 0 Å². The number of thiocarbonyl (C=S) groups is 2. The Kier molecular flexibility index (Phi) is 28.5. The number of unbranched alkanes of at least 4 members (excludes halogenated alkanes) is 2. The zero-order valence-electron chi connectivity index (χ0n) is 25.9. The number of thioether (sulfide) groups is 2. The molecule has 0 bridgehead atoms. The van der Waals surface area contributed by atoms with E-state index >= 15 is 0 Å². The quantitative estimate of drug-likeness (QED) is 0.0662. The Morgan fingerprint density at radius 1 is 0.659 bits per heavy atom. The summed E-state index contributed by atoms with van der Waals surface area (Å²) >= 11 is 13.7. The van der Waals surface area contributed by atoms with E-state index in [-0.39, 0.29) is 21.1 Å². The number of hydrogen-bond donors (Lipinski definition) is 2. The molecular weight excluding hydrogens is 687 g/mol. The van der Waals surface area contributed by atoms with Crippen LogP contribution in [0.4, 0.5) is 0 Å². The van der Waals surface area contributed by atoms with E-state index in [0.717, 1.165) is 44.4 Å². The number of nitrogens with one attached hydrogen (secondary N) is 2. The molecule has 0 saturated heterocycles. The van der Waals surface area contributed by atoms with Crippen LogP contribution in [-0.4, -0.2) is 41.2 Å². The summed E-state index contributed by atoms with van der Waals surface area (Å²) in [4.78, 5) is 0. The van der Waals surface area contributed by atoms with Gasteiger partial charge in [0, 0.05) is 22.9 Å². The van der Waals surface area contributed by atoms with Crippen molar-refractivity contribution in [1.82, 2.24) is 10.9 Å². The molecule has 0 fully saturated rings. The van der Waals surface area contributed by atoms with Gasteiger partial charge in [0.25, 0.3) is 0 Å². The molecule has 2 aromatic carbocycles. The predicted octanol–water partition coefficient (Wildman–Crippen LogP) is 10.3. The van der Waals surface area contributed by atoms with E-state index in [1.807, 2.05) is 50.2 Å². The molecule has 0 saturated carbocycles. The maximum atomic E-state index is 5.16. The minimum absolute atomic E-state index is 0.149. The predicted molar refractivity (Wildman–Crippen MR) is 199 cm³/mol. The molecule has 0 amide bonds. The van der Waals surface area contributed by atoms with Gasteiger partial charge in [-0.1, -0.05) is 122 Å². The van der Waals surface area contributed by atoms with Gasteiger partial charge in [0.15, 0.2) is 8.64 Å². The van der Waals surface area contributed by atoms with Crippen LogP contribution in [0.25, 0.3) is 0 Å². The van der Waals surface area contributed by atoms with Gasteiger partial charge in [-0.3, -0.25) is 10.9 Å². The molecule has 0 aromatic heterocycles. The van der Waals surface area contributed by atoms with Gasteiger partial charge < -0.3 is 0 Å². The van der Waals surface area contributed by atoms with Crippen LogP contribution in [0.3, 0.4) is 0 Å². The second-order valence-electron chi connectivity index (χ2n) is 9.21. The Morgan fingerprint density at radius 3 is 1.34 bits per heavy atom. The molecule has 41 heavy (non-hydrogen) atoms. The first-order chi connectivity index (χ1) is 19.9. The molecule has 2 N–H and O–H groups in total. The fourth-order valence-corrected chi connectivity index (χ4v) is 8.48. The van der Waals surface area contributed by atoms with E-state index in [2.05, 4.69) is 73.0 Å². The third kappa shape index (κ3) is 26.4. The zero-order chi connectivity index (χ0) is 30.6. The van der Waals surface area contributed by atoms with Crippen molar-refractivity contribution in [3.8, 4) is 0 Å². The summed E-state index contributed by atoms with van der Waals surface area (Å²) in [6, 6.07) is 20.5. The van der Waals surface area contributed by atoms with Gasteiger partial charge in [-0.15, -0.1) is 0 Å². The first-order valence-corrected chi connectivity index (χ1v) is 21.4. The third-order valence-corrected chi connectivity index (χ3v) is 12.1. The van der Waals surface area contributed by atoms with Crippen molar-refractivity contribution in [2.75, 3.05) is 0 Å². The second kappa shape index (κ2) is 29.1. The van der Waals surface area contributed by atoms with Gasteiger partial charge in [0.2, 0.25) is 0 Å². The van der Waals surface area contributed by atoms with Crippen LogP contribution in [0.5, 0.6) is 0 Å². The van der Waals surface area contributed by atoms with E-state index in [0.29, 0.717) is 0 Å². The molecule has 2 radical (unpaired) electrons. The van der Waals surface area contributed by atoms with E-state index < -0.39 is 0 Å². The van der Waals surface area contributed by atoms with Crippen molar-refractivity contribution in [3.05, 3.63) is 71.8 Å². The average Bonchev–Trinajstić information content (AvgIpc) is 3.02. The molecule has 0 unspecified atom stereocenters. The standard InChI is InChI=1S/2C12H16N2S2.2C4H9.Sn/c2*1-3-10(2)13-14-12(15)16-9-11-7-5-4-6-8-11;2*1-3-4-2;/h2*4-8H,3,9H2,1-2H3,(H,14,15);2*1,3-4H2,2H3;. The summed E-state index contributed by atoms with van der Waals surface area (Å²) in [7, 11) is 0. The number of benzene rings is 2. The molecule has 226 valence electrons. The SMILES string of the molecule is CCC(C)=NNC(=S)SCc1ccccc1.CCC(C)=NNC(=S)SCc1ccccc1.CCC[CH2][Sn][CH2]CCC.